The van der Waals surface area contributed by atoms with Gasteiger partial charge in [0.05, 0.1) is 18.6 Å². The zero-order valence-corrected chi connectivity index (χ0v) is 14.1. The van der Waals surface area contributed by atoms with Gasteiger partial charge < -0.3 is 9.47 Å². The highest BCUT2D eigenvalue weighted by Gasteiger charge is 2.19. The largest absolute Gasteiger partial charge is 0.494 e. The molecular formula is C17H16BrClO2. The first-order chi connectivity index (χ1) is 10.2. The minimum absolute atomic E-state index is 0.241. The summed E-state index contributed by atoms with van der Waals surface area (Å²) < 4.78 is 12.2. The van der Waals surface area contributed by atoms with E-state index in [1.165, 1.54) is 5.56 Å². The predicted octanol–water partition coefficient (Wildman–Crippen LogP) is 5.11. The molecule has 1 atom stereocenters. The van der Waals surface area contributed by atoms with Gasteiger partial charge in [0, 0.05) is 16.5 Å². The number of halogens is 2. The Morgan fingerprint density at radius 2 is 2.14 bits per heavy atom. The van der Waals surface area contributed by atoms with Gasteiger partial charge in [-0.3, -0.25) is 0 Å². The lowest BCUT2D eigenvalue weighted by atomic mass is 10.0. The van der Waals surface area contributed by atoms with Crippen molar-refractivity contribution in [2.24, 2.45) is 0 Å². The molecule has 1 unspecified atom stereocenters. The van der Waals surface area contributed by atoms with Crippen LogP contribution >= 0.6 is 27.5 Å². The number of rotatable bonds is 4. The van der Waals surface area contributed by atoms with Gasteiger partial charge in [0.15, 0.2) is 0 Å². The molecule has 2 aromatic rings. The van der Waals surface area contributed by atoms with Gasteiger partial charge in [-0.1, -0.05) is 28.1 Å². The van der Waals surface area contributed by atoms with Crippen LogP contribution in [0.5, 0.6) is 11.5 Å². The second-order valence-corrected chi connectivity index (χ2v) is 6.30. The maximum atomic E-state index is 6.70. The number of fused-ring (bicyclic) bond motifs is 1. The molecule has 0 radical (unpaired) electrons. The third kappa shape index (κ3) is 3.04. The highest BCUT2D eigenvalue weighted by molar-refractivity contribution is 9.10. The maximum absolute atomic E-state index is 6.70. The Labute approximate surface area is 138 Å². The van der Waals surface area contributed by atoms with Crippen LogP contribution in [0.1, 0.15) is 29.0 Å². The summed E-state index contributed by atoms with van der Waals surface area (Å²) in [6.45, 7) is 3.35. The molecule has 2 aromatic carbocycles. The lowest BCUT2D eigenvalue weighted by Crippen LogP contribution is -2.00. The molecule has 110 valence electrons. The van der Waals surface area contributed by atoms with Crippen molar-refractivity contribution >= 4 is 27.5 Å². The molecule has 0 aromatic heterocycles. The van der Waals surface area contributed by atoms with Gasteiger partial charge in [0.1, 0.15) is 11.5 Å². The summed E-state index contributed by atoms with van der Waals surface area (Å²) in [7, 11) is 0. The fraction of sp³-hybridized carbons (Fsp3) is 0.294. The molecule has 0 N–H and O–H groups in total. The van der Waals surface area contributed by atoms with Crippen LogP contribution in [0.2, 0.25) is 0 Å². The van der Waals surface area contributed by atoms with E-state index in [0.717, 1.165) is 40.1 Å². The summed E-state index contributed by atoms with van der Waals surface area (Å²) in [4.78, 5) is 0. The van der Waals surface area contributed by atoms with Crippen molar-refractivity contribution in [2.45, 2.75) is 18.7 Å². The molecule has 21 heavy (non-hydrogen) atoms. The van der Waals surface area contributed by atoms with Crippen LogP contribution in [0, 0.1) is 0 Å². The summed E-state index contributed by atoms with van der Waals surface area (Å²) in [6.07, 6.45) is 0.948. The SMILES string of the molecule is CCOc1ccc(Br)cc1C(Cl)c1ccc2c(c1)CCO2. The Balaban J connectivity index is 1.97. The van der Waals surface area contributed by atoms with E-state index in [0.29, 0.717) is 6.61 Å². The molecule has 0 fully saturated rings. The molecule has 2 nitrogen and oxygen atoms in total. The number of hydrogen-bond donors (Lipinski definition) is 0. The monoisotopic (exact) mass is 366 g/mol. The second kappa shape index (κ2) is 6.29. The van der Waals surface area contributed by atoms with E-state index in [9.17, 15) is 0 Å². The van der Waals surface area contributed by atoms with Crippen LogP contribution in [-0.4, -0.2) is 13.2 Å². The summed E-state index contributed by atoms with van der Waals surface area (Å²) in [6, 6.07) is 12.1. The second-order valence-electron chi connectivity index (χ2n) is 4.94. The average Bonchev–Trinajstić information content (AvgIpc) is 2.96. The molecule has 0 saturated carbocycles. The van der Waals surface area contributed by atoms with Crippen LogP contribution in [0.4, 0.5) is 0 Å². The summed E-state index contributed by atoms with van der Waals surface area (Å²) in [5.41, 5.74) is 3.28. The number of ether oxygens (including phenoxy) is 2. The smallest absolute Gasteiger partial charge is 0.124 e. The first-order valence-electron chi connectivity index (χ1n) is 7.01. The highest BCUT2D eigenvalue weighted by Crippen LogP contribution is 2.39. The van der Waals surface area contributed by atoms with Gasteiger partial charge in [0.25, 0.3) is 0 Å². The molecule has 1 aliphatic rings. The normalized spacial score (nSPS) is 14.4. The minimum atomic E-state index is -0.241. The predicted molar refractivity (Wildman–Crippen MR) is 88.6 cm³/mol. The quantitative estimate of drug-likeness (QED) is 0.699. The molecular weight excluding hydrogens is 352 g/mol. The lowest BCUT2D eigenvalue weighted by molar-refractivity contribution is 0.337. The van der Waals surface area contributed by atoms with Crippen LogP contribution in [0.3, 0.4) is 0 Å². The van der Waals surface area contributed by atoms with E-state index in [-0.39, 0.29) is 5.38 Å². The first kappa shape index (κ1) is 14.7. The third-order valence-electron chi connectivity index (χ3n) is 3.55. The van der Waals surface area contributed by atoms with Crippen molar-refractivity contribution in [1.29, 1.82) is 0 Å². The lowest BCUT2D eigenvalue weighted by Gasteiger charge is -2.16. The molecule has 1 aliphatic heterocycles. The molecule has 0 aliphatic carbocycles. The van der Waals surface area contributed by atoms with Gasteiger partial charge in [0.2, 0.25) is 0 Å². The highest BCUT2D eigenvalue weighted by atomic mass is 79.9. The molecule has 0 spiro atoms. The fourth-order valence-corrected chi connectivity index (χ4v) is 3.23. The molecule has 1 heterocycles. The van der Waals surface area contributed by atoms with Crippen molar-refractivity contribution in [3.8, 4) is 11.5 Å². The zero-order chi connectivity index (χ0) is 14.8. The molecule has 4 heteroatoms. The van der Waals surface area contributed by atoms with E-state index in [4.69, 9.17) is 21.1 Å². The average molecular weight is 368 g/mol. The Kier molecular flexibility index (Phi) is 4.41. The van der Waals surface area contributed by atoms with Gasteiger partial charge in [-0.05, 0) is 42.3 Å². The molecule has 3 rings (SSSR count). The summed E-state index contributed by atoms with van der Waals surface area (Å²) >= 11 is 10.2. The van der Waals surface area contributed by atoms with Crippen LogP contribution in [0.15, 0.2) is 40.9 Å². The van der Waals surface area contributed by atoms with E-state index in [1.54, 1.807) is 0 Å². The number of hydrogen-bond acceptors (Lipinski definition) is 2. The standard InChI is InChI=1S/C17H16BrClO2/c1-2-20-16-6-4-13(18)10-14(16)17(19)12-3-5-15-11(9-12)7-8-21-15/h3-6,9-10,17H,2,7-8H2,1H3. The minimum Gasteiger partial charge on any atom is -0.494 e. The maximum Gasteiger partial charge on any atom is 0.124 e. The summed E-state index contributed by atoms with van der Waals surface area (Å²) in [5.74, 6) is 1.80. The van der Waals surface area contributed by atoms with Crippen LogP contribution < -0.4 is 9.47 Å². The summed E-state index contributed by atoms with van der Waals surface area (Å²) in [5, 5.41) is -0.241. The Bertz CT molecular complexity index is 657. The van der Waals surface area contributed by atoms with Crippen molar-refractivity contribution in [1.82, 2.24) is 0 Å². The topological polar surface area (TPSA) is 18.5 Å². The number of alkyl halides is 1. The number of benzene rings is 2. The van der Waals surface area contributed by atoms with Gasteiger partial charge >= 0.3 is 0 Å². The van der Waals surface area contributed by atoms with E-state index in [1.807, 2.05) is 37.3 Å². The van der Waals surface area contributed by atoms with Crippen molar-refractivity contribution in [2.75, 3.05) is 13.2 Å². The van der Waals surface area contributed by atoms with Gasteiger partial charge in [-0.2, -0.15) is 0 Å². The van der Waals surface area contributed by atoms with E-state index in [2.05, 4.69) is 22.0 Å². The van der Waals surface area contributed by atoms with Crippen LogP contribution in [0.25, 0.3) is 0 Å². The zero-order valence-electron chi connectivity index (χ0n) is 11.7. The molecule has 0 bridgehead atoms. The van der Waals surface area contributed by atoms with Crippen molar-refractivity contribution < 1.29 is 9.47 Å². The Morgan fingerprint density at radius 1 is 1.29 bits per heavy atom. The Morgan fingerprint density at radius 3 is 2.95 bits per heavy atom. The first-order valence-corrected chi connectivity index (χ1v) is 8.24. The fourth-order valence-electron chi connectivity index (χ4n) is 2.55. The molecule has 0 amide bonds. The van der Waals surface area contributed by atoms with Crippen molar-refractivity contribution in [3.05, 3.63) is 57.6 Å². The van der Waals surface area contributed by atoms with E-state index >= 15 is 0 Å². The Hall–Kier alpha value is -1.19. The molecule has 0 saturated heterocycles. The van der Waals surface area contributed by atoms with Crippen molar-refractivity contribution in [3.63, 3.8) is 0 Å². The van der Waals surface area contributed by atoms with Gasteiger partial charge in [-0.15, -0.1) is 11.6 Å². The van der Waals surface area contributed by atoms with E-state index < -0.39 is 0 Å². The van der Waals surface area contributed by atoms with Crippen LogP contribution in [-0.2, 0) is 6.42 Å². The van der Waals surface area contributed by atoms with Gasteiger partial charge in [-0.25, -0.2) is 0 Å². The third-order valence-corrected chi connectivity index (χ3v) is 4.53.